The van der Waals surface area contributed by atoms with E-state index >= 15 is 0 Å². The summed E-state index contributed by atoms with van der Waals surface area (Å²) >= 11 is 0. The van der Waals surface area contributed by atoms with Crippen LogP contribution in [0, 0.1) is 18.8 Å². The van der Waals surface area contributed by atoms with Crippen molar-refractivity contribution in [3.8, 4) is 0 Å². The summed E-state index contributed by atoms with van der Waals surface area (Å²) < 4.78 is 0. The molecule has 26 heavy (non-hydrogen) atoms. The Bertz CT molecular complexity index is 788. The monoisotopic (exact) mass is 352 g/mol. The Morgan fingerprint density at radius 1 is 1.00 bits per heavy atom. The fourth-order valence-electron chi connectivity index (χ4n) is 2.77. The molecule has 4 N–H and O–H groups in total. The predicted octanol–water partition coefficient (Wildman–Crippen LogP) is 3.43. The van der Waals surface area contributed by atoms with Gasteiger partial charge in [-0.1, -0.05) is 31.2 Å². The number of rotatable bonds is 5. The van der Waals surface area contributed by atoms with Crippen molar-refractivity contribution in [1.29, 1.82) is 0 Å². The van der Waals surface area contributed by atoms with Gasteiger partial charge in [0.2, 0.25) is 5.91 Å². The quantitative estimate of drug-likeness (QED) is 0.665. The first kappa shape index (κ1) is 17.9. The number of amides is 3. The molecule has 1 fully saturated rings. The molecule has 1 atom stereocenters. The Hall–Kier alpha value is -2.86. The van der Waals surface area contributed by atoms with E-state index in [1.165, 1.54) is 0 Å². The van der Waals surface area contributed by atoms with Crippen LogP contribution in [-0.2, 0) is 4.79 Å². The zero-order valence-electron chi connectivity index (χ0n) is 15.0. The maximum atomic E-state index is 12.4. The molecule has 0 aromatic heterocycles. The Balaban J connectivity index is 1.63. The number of aryl methyl sites for hydroxylation is 1. The van der Waals surface area contributed by atoms with Crippen LogP contribution in [-0.4, -0.2) is 25.0 Å². The van der Waals surface area contributed by atoms with Gasteiger partial charge in [0.05, 0.1) is 0 Å². The highest BCUT2D eigenvalue weighted by atomic mass is 16.2. The molecule has 0 bridgehead atoms. The van der Waals surface area contributed by atoms with E-state index in [0.717, 1.165) is 18.7 Å². The van der Waals surface area contributed by atoms with Gasteiger partial charge in [0.15, 0.2) is 0 Å². The van der Waals surface area contributed by atoms with Crippen molar-refractivity contribution in [3.05, 3.63) is 54.1 Å². The van der Waals surface area contributed by atoms with E-state index in [1.54, 1.807) is 6.07 Å². The van der Waals surface area contributed by atoms with Crippen molar-refractivity contribution >= 4 is 29.0 Å². The summed E-state index contributed by atoms with van der Waals surface area (Å²) in [7, 11) is 0. The van der Waals surface area contributed by atoms with E-state index in [4.69, 9.17) is 0 Å². The Morgan fingerprint density at radius 3 is 2.35 bits per heavy atom. The second kappa shape index (κ2) is 8.01. The van der Waals surface area contributed by atoms with Crippen LogP contribution in [0.15, 0.2) is 48.5 Å². The van der Waals surface area contributed by atoms with Crippen LogP contribution in [0.25, 0.3) is 0 Å². The minimum atomic E-state index is -0.328. The Morgan fingerprint density at radius 2 is 1.69 bits per heavy atom. The average molecular weight is 352 g/mol. The van der Waals surface area contributed by atoms with Crippen LogP contribution in [0.2, 0.25) is 0 Å². The van der Waals surface area contributed by atoms with Gasteiger partial charge in [0.1, 0.15) is 0 Å². The summed E-state index contributed by atoms with van der Waals surface area (Å²) in [6.07, 6.45) is 0. The molecule has 1 aliphatic heterocycles. The summed E-state index contributed by atoms with van der Waals surface area (Å²) in [5.41, 5.74) is 3.00. The number of benzene rings is 2. The zero-order chi connectivity index (χ0) is 18.5. The third-order valence-electron chi connectivity index (χ3n) is 4.72. The highest BCUT2D eigenvalue weighted by Crippen LogP contribution is 2.23. The lowest BCUT2D eigenvalue weighted by Gasteiger charge is -2.31. The fraction of sp³-hybridized carbons (Fsp3) is 0.300. The lowest BCUT2D eigenvalue weighted by Crippen LogP contribution is -2.48. The molecule has 1 unspecified atom stereocenters. The number of nitrogens with one attached hydrogen (secondary N) is 4. The van der Waals surface area contributed by atoms with Gasteiger partial charge in [-0.25, -0.2) is 4.79 Å². The van der Waals surface area contributed by atoms with Crippen molar-refractivity contribution < 1.29 is 9.59 Å². The average Bonchev–Trinajstić information content (AvgIpc) is 2.57. The minimum Gasteiger partial charge on any atom is -0.326 e. The first-order valence-electron chi connectivity index (χ1n) is 8.78. The largest absolute Gasteiger partial charge is 0.326 e. The zero-order valence-corrected chi connectivity index (χ0v) is 15.0. The number of carbonyl (C=O) groups is 2. The molecule has 136 valence electrons. The molecule has 1 heterocycles. The Labute approximate surface area is 153 Å². The molecule has 2 aromatic carbocycles. The second-order valence-corrected chi connectivity index (χ2v) is 6.67. The van der Waals surface area contributed by atoms with Crippen LogP contribution in [0.1, 0.15) is 12.5 Å². The van der Waals surface area contributed by atoms with Gasteiger partial charge in [-0.05, 0) is 55.8 Å². The van der Waals surface area contributed by atoms with Gasteiger partial charge in [-0.15, -0.1) is 0 Å². The molecule has 6 nitrogen and oxygen atoms in total. The number of carbonyl (C=O) groups excluding carboxylic acids is 2. The fourth-order valence-corrected chi connectivity index (χ4v) is 2.77. The summed E-state index contributed by atoms with van der Waals surface area (Å²) in [6.45, 7) is 5.65. The molecule has 1 aliphatic rings. The van der Waals surface area contributed by atoms with Gasteiger partial charge in [-0.2, -0.15) is 0 Å². The lowest BCUT2D eigenvalue weighted by molar-refractivity contribution is -0.121. The van der Waals surface area contributed by atoms with E-state index < -0.39 is 0 Å². The first-order chi connectivity index (χ1) is 12.5. The number of urea groups is 1. The number of hydrogen-bond acceptors (Lipinski definition) is 3. The summed E-state index contributed by atoms with van der Waals surface area (Å²) in [5, 5.41) is 11.7. The topological polar surface area (TPSA) is 82.3 Å². The van der Waals surface area contributed by atoms with E-state index in [1.807, 2.05) is 56.3 Å². The Kier molecular flexibility index (Phi) is 5.53. The minimum absolute atomic E-state index is 0.00508. The second-order valence-electron chi connectivity index (χ2n) is 6.67. The van der Waals surface area contributed by atoms with Crippen LogP contribution < -0.4 is 21.3 Å². The van der Waals surface area contributed by atoms with Crippen molar-refractivity contribution in [1.82, 2.24) is 5.32 Å². The molecular weight excluding hydrogens is 328 g/mol. The third-order valence-corrected chi connectivity index (χ3v) is 4.72. The van der Waals surface area contributed by atoms with Crippen LogP contribution in [0.4, 0.5) is 21.9 Å². The highest BCUT2D eigenvalue weighted by Gasteiger charge is 2.28. The molecule has 0 aliphatic carbocycles. The van der Waals surface area contributed by atoms with E-state index in [0.29, 0.717) is 23.0 Å². The lowest BCUT2D eigenvalue weighted by atomic mass is 9.88. The molecule has 6 heteroatoms. The highest BCUT2D eigenvalue weighted by molar-refractivity contribution is 6.00. The molecule has 3 rings (SSSR count). The maximum Gasteiger partial charge on any atom is 0.323 e. The van der Waals surface area contributed by atoms with Crippen LogP contribution in [0.3, 0.4) is 0 Å². The predicted molar refractivity (Wildman–Crippen MR) is 104 cm³/mol. The van der Waals surface area contributed by atoms with Crippen molar-refractivity contribution in [2.24, 2.45) is 11.8 Å². The van der Waals surface area contributed by atoms with Crippen molar-refractivity contribution in [2.75, 3.05) is 29.0 Å². The van der Waals surface area contributed by atoms with Gasteiger partial charge in [0.25, 0.3) is 0 Å². The molecule has 2 aromatic rings. The molecule has 0 saturated carbocycles. The smallest absolute Gasteiger partial charge is 0.323 e. The summed E-state index contributed by atoms with van der Waals surface area (Å²) in [6, 6.07) is 14.4. The van der Waals surface area contributed by atoms with Gasteiger partial charge in [0, 0.05) is 23.0 Å². The normalized spacial score (nSPS) is 14.8. The molecule has 3 amide bonds. The molecule has 0 radical (unpaired) electrons. The van der Waals surface area contributed by atoms with Crippen molar-refractivity contribution in [2.45, 2.75) is 13.8 Å². The van der Waals surface area contributed by atoms with Gasteiger partial charge >= 0.3 is 6.03 Å². The van der Waals surface area contributed by atoms with E-state index in [-0.39, 0.29) is 17.9 Å². The number of anilines is 3. The number of hydrogen-bond donors (Lipinski definition) is 4. The van der Waals surface area contributed by atoms with Gasteiger partial charge < -0.3 is 21.3 Å². The molecule has 0 spiro atoms. The third kappa shape index (κ3) is 4.40. The van der Waals surface area contributed by atoms with Crippen LogP contribution in [0.5, 0.6) is 0 Å². The standard InChI is InChI=1S/C20H24N4O2/c1-13-8-9-17(23-20(26)22-16-6-4-3-5-7-16)10-18(13)24-19(25)14(2)15-11-21-12-15/h3-10,14-15,21H,11-12H2,1-2H3,(H,24,25)(H2,22,23,26). The SMILES string of the molecule is Cc1ccc(NC(=O)Nc2ccccc2)cc1NC(=O)C(C)C1CNC1. The summed E-state index contributed by atoms with van der Waals surface area (Å²) in [5.74, 6) is 0.340. The maximum absolute atomic E-state index is 12.4. The van der Waals surface area contributed by atoms with Gasteiger partial charge in [-0.3, -0.25) is 4.79 Å². The first-order valence-corrected chi connectivity index (χ1v) is 8.78. The summed E-state index contributed by atoms with van der Waals surface area (Å²) in [4.78, 5) is 24.6. The van der Waals surface area contributed by atoms with Crippen LogP contribution >= 0.6 is 0 Å². The van der Waals surface area contributed by atoms with Crippen molar-refractivity contribution in [3.63, 3.8) is 0 Å². The number of para-hydroxylation sites is 1. The van der Waals surface area contributed by atoms with E-state index in [2.05, 4.69) is 21.3 Å². The molecular formula is C20H24N4O2. The van der Waals surface area contributed by atoms with E-state index in [9.17, 15) is 9.59 Å². The molecule has 1 saturated heterocycles.